The van der Waals surface area contributed by atoms with Crippen molar-refractivity contribution < 1.29 is 92.7 Å². The first-order valence-electron chi connectivity index (χ1n) is 35.8. The molecule has 24 nitrogen and oxygen atoms in total. The molecule has 1 spiro atoms. The number of carbonyl (C=O) groups excluding carboxylic acids is 12. The van der Waals surface area contributed by atoms with Gasteiger partial charge >= 0.3 is 12.4 Å². The summed E-state index contributed by atoms with van der Waals surface area (Å²) in [7, 11) is 10.7. The van der Waals surface area contributed by atoms with Crippen molar-refractivity contribution in [2.45, 2.75) is 203 Å². The summed E-state index contributed by atoms with van der Waals surface area (Å²) >= 11 is 0. The molecule has 5 aliphatic rings. The molecule has 32 heteroatoms. The number of hydrogen-bond donors (Lipinski definition) is 3. The van der Waals surface area contributed by atoms with Crippen LogP contribution in [0.15, 0.2) is 48.6 Å². The highest BCUT2D eigenvalue weighted by Crippen LogP contribution is 2.39. The van der Waals surface area contributed by atoms with E-state index in [-0.39, 0.29) is 75.1 Å². The highest BCUT2D eigenvalue weighted by molar-refractivity contribution is 6.01. The third-order valence-corrected chi connectivity index (χ3v) is 21.3. The van der Waals surface area contributed by atoms with Crippen molar-refractivity contribution in [3.05, 3.63) is 82.4 Å². The molecule has 3 aliphatic heterocycles. The number of amides is 12. The summed E-state index contributed by atoms with van der Waals surface area (Å²) < 4.78 is 113. The minimum absolute atomic E-state index is 0.0115. The molecule has 105 heavy (non-hydrogen) atoms. The Labute approximate surface area is 607 Å². The van der Waals surface area contributed by atoms with Gasteiger partial charge in [0, 0.05) is 75.9 Å². The van der Waals surface area contributed by atoms with E-state index in [4.69, 9.17) is 0 Å². The lowest BCUT2D eigenvalue weighted by Gasteiger charge is -2.46. The smallest absolute Gasteiger partial charge is 0.347 e. The van der Waals surface area contributed by atoms with Crippen LogP contribution in [-0.4, -0.2) is 251 Å². The van der Waals surface area contributed by atoms with E-state index in [1.807, 2.05) is 0 Å². The Hall–Kier alpha value is -8.74. The number of alkyl halides is 6. The zero-order valence-corrected chi connectivity index (χ0v) is 61.8. The molecule has 7 rings (SSSR count). The largest absolute Gasteiger partial charge is 0.422 e. The second kappa shape index (κ2) is 35.1. The highest BCUT2D eigenvalue weighted by atomic mass is 19.4. The van der Waals surface area contributed by atoms with Crippen LogP contribution in [0.2, 0.25) is 0 Å². The molecule has 2 aliphatic carbocycles. The van der Waals surface area contributed by atoms with E-state index in [2.05, 4.69) is 16.0 Å². The number of carbonyl (C=O) groups is 12. The minimum atomic E-state index is -5.44. The third kappa shape index (κ3) is 19.9. The molecule has 0 radical (unpaired) electrons. The van der Waals surface area contributed by atoms with Gasteiger partial charge in [-0.05, 0) is 130 Å². The lowest BCUT2D eigenvalue weighted by molar-refractivity contribution is -0.158. The van der Waals surface area contributed by atoms with Crippen molar-refractivity contribution in [1.82, 2.24) is 60.0 Å². The molecule has 3 N–H and O–H groups in total. The number of likely N-dealkylation sites (N-methyl/N-ethyl adjacent to an activating group) is 7. The monoisotopic (exact) mass is 1490 g/mol. The molecule has 2 saturated carbocycles. The van der Waals surface area contributed by atoms with Crippen molar-refractivity contribution in [3.63, 3.8) is 0 Å². The summed E-state index contributed by atoms with van der Waals surface area (Å²) in [5, 5.41) is 8.25. The minimum Gasteiger partial charge on any atom is -0.347 e. The molecule has 2 aromatic carbocycles. The zero-order valence-electron chi connectivity index (χ0n) is 61.8. The zero-order chi connectivity index (χ0) is 78.1. The molecule has 3 heterocycles. The summed E-state index contributed by atoms with van der Waals surface area (Å²) in [6, 6.07) is -6.99. The fraction of sp³-hybridized carbons (Fsp3) is 0.644. The number of benzene rings is 2. The maximum atomic E-state index is 15.4. The van der Waals surface area contributed by atoms with Gasteiger partial charge in [0.2, 0.25) is 70.9 Å². The predicted molar refractivity (Wildman–Crippen MR) is 368 cm³/mol. The number of nitrogens with zero attached hydrogens (tertiary/aromatic N) is 9. The van der Waals surface area contributed by atoms with Gasteiger partial charge in [0.05, 0.1) is 25.1 Å². The van der Waals surface area contributed by atoms with Crippen LogP contribution in [0.4, 0.5) is 35.1 Å². The average Bonchev–Trinajstić information content (AvgIpc) is 1.76. The topological polar surface area (TPSA) is 270 Å². The summed E-state index contributed by atoms with van der Waals surface area (Å²) in [5.74, 6) is -15.1. The van der Waals surface area contributed by atoms with Crippen LogP contribution in [0.3, 0.4) is 0 Å². The van der Waals surface area contributed by atoms with Crippen LogP contribution >= 0.6 is 0 Å². The van der Waals surface area contributed by atoms with Crippen LogP contribution in [0.5, 0.6) is 0 Å². The van der Waals surface area contributed by atoms with Gasteiger partial charge in [0.15, 0.2) is 0 Å². The third-order valence-electron chi connectivity index (χ3n) is 21.3. The van der Waals surface area contributed by atoms with E-state index in [1.54, 1.807) is 39.8 Å². The van der Waals surface area contributed by atoms with Gasteiger partial charge in [-0.1, -0.05) is 71.2 Å². The Bertz CT molecular complexity index is 3560. The first kappa shape index (κ1) is 83.5. The number of rotatable bonds is 11. The van der Waals surface area contributed by atoms with Crippen molar-refractivity contribution in [1.29, 1.82) is 0 Å². The molecule has 9 atom stereocenters. The van der Waals surface area contributed by atoms with Gasteiger partial charge in [0.25, 0.3) is 0 Å². The van der Waals surface area contributed by atoms with Crippen molar-refractivity contribution >= 4 is 70.9 Å². The summed E-state index contributed by atoms with van der Waals surface area (Å²) in [6.45, 7) is 5.07. The first-order chi connectivity index (χ1) is 49.1. The van der Waals surface area contributed by atoms with E-state index in [9.17, 15) is 59.9 Å². The maximum absolute atomic E-state index is 15.4. The van der Waals surface area contributed by atoms with E-state index < -0.39 is 210 Å². The summed E-state index contributed by atoms with van der Waals surface area (Å²) in [4.78, 5) is 189. The van der Waals surface area contributed by atoms with Gasteiger partial charge in [0.1, 0.15) is 71.1 Å². The molecule has 4 fully saturated rings. The Morgan fingerprint density at radius 3 is 1.81 bits per heavy atom. The predicted octanol–water partition coefficient (Wildman–Crippen LogP) is 5.72. The van der Waals surface area contributed by atoms with Crippen LogP contribution in [-0.2, 0) is 82.7 Å². The normalized spacial score (nSPS) is 25.8. The Kier molecular flexibility index (Phi) is 27.9. The van der Waals surface area contributed by atoms with Crippen LogP contribution in [0.1, 0.15) is 146 Å². The molecule has 580 valence electrons. The average molecular weight is 1490 g/mol. The number of halogens is 8. The number of aryl methyl sites for hydroxylation is 1. The van der Waals surface area contributed by atoms with Crippen molar-refractivity contribution in [2.24, 2.45) is 17.8 Å². The fourth-order valence-electron chi connectivity index (χ4n) is 14.7. The molecular weight excluding hydrogens is 1390 g/mol. The second-order valence-electron chi connectivity index (χ2n) is 29.4. The number of nitrogens with one attached hydrogen (secondary N) is 3. The first-order valence-corrected chi connectivity index (χ1v) is 35.8. The van der Waals surface area contributed by atoms with Gasteiger partial charge in [-0.2, -0.15) is 26.3 Å². The molecular formula is C73H100F8N12O12. The van der Waals surface area contributed by atoms with Crippen LogP contribution < -0.4 is 16.0 Å². The molecule has 2 saturated heterocycles. The summed E-state index contributed by atoms with van der Waals surface area (Å²) in [6.07, 6.45) is -5.88. The van der Waals surface area contributed by atoms with Gasteiger partial charge in [-0.3, -0.25) is 57.5 Å². The van der Waals surface area contributed by atoms with Gasteiger partial charge < -0.3 is 60.0 Å². The lowest BCUT2D eigenvalue weighted by atomic mass is 9.74. The Morgan fingerprint density at radius 2 is 1.25 bits per heavy atom. The molecule has 2 aromatic rings. The maximum Gasteiger partial charge on any atom is 0.422 e. The van der Waals surface area contributed by atoms with E-state index >= 15 is 32.8 Å². The molecule has 0 aromatic heterocycles. The van der Waals surface area contributed by atoms with Gasteiger partial charge in [-0.15, -0.1) is 0 Å². The SMILES string of the molecule is CC[C@H](C)[C@@H]1NC(=O)[C@H](CC(C)C)N(C)C(=O)C[C@@H](C(=O)N(C)C)N(C)C(=O)[C@H](C2CCCC2)N(C)C(=O)C2(CCC2)NC(=O)[C@@H]2CCCN2C(=O)[C@@H](CCc2cc(F)c(C(F)(F)F)c(F)c2)NC(=O)CN(C)C(=O)[C@H](Cc2ccc(C(F)(F)F)cc2)N2CC/C=C\C[C@@H](C2=O)N(C)C(=O)CN(C)C1=O. The molecule has 12 amide bonds. The molecule has 2 bridgehead atoms. The van der Waals surface area contributed by atoms with E-state index in [0.29, 0.717) is 50.7 Å². The quantitative estimate of drug-likeness (QED) is 0.180. The van der Waals surface area contributed by atoms with E-state index in [0.717, 1.165) is 65.6 Å². The highest BCUT2D eigenvalue weighted by Gasteiger charge is 2.53. The Morgan fingerprint density at radius 1 is 0.629 bits per heavy atom. The van der Waals surface area contributed by atoms with Crippen LogP contribution in [0.25, 0.3) is 0 Å². The number of hydrogen-bond acceptors (Lipinski definition) is 12. The second-order valence-corrected chi connectivity index (χ2v) is 29.4. The lowest BCUT2D eigenvalue weighted by Crippen LogP contribution is -2.68. The summed E-state index contributed by atoms with van der Waals surface area (Å²) in [5.41, 5.74) is -5.15. The van der Waals surface area contributed by atoms with E-state index in [1.165, 1.54) is 59.1 Å². The molecule has 0 unspecified atom stereocenters. The fourth-order valence-corrected chi connectivity index (χ4v) is 14.7. The standard InChI is InChI=1S/C73H100F8N12O12/c1-13-43(4)60-68(103)87(8)41-58(96)88(9)52-23-15-14-18-33-93(67(52)102)55(38-44-25-28-47(29-26-44)72(76,77)78)66(101)86(7)40-56(94)82-50(30-27-45-36-48(74)59(49(75)37-45)73(79,80)81)64(99)92-34-19-24-51(92)63(98)84-71(31-20-32-71)70(105)91(12)61(46-21-16-17-22-46)69(104)90(11)54(65(100)85(5)6)39-57(95)89(10)53(35-42(2)3)62(97)83-60/h14-15,25-26,28-29,36-37,42-43,46,50-55,60-61H,13,16-24,27,30-35,38-41H2,1-12H3,(H,82,94)(H,83,97)(H,84,98)/b15-14-/t43-,50+,51-,52-,53-,54-,55-,60-,61-/m0/s1. The Balaban J connectivity index is 1.32. The number of fused-ring (bicyclic) bond motifs is 3. The van der Waals surface area contributed by atoms with Gasteiger partial charge in [-0.25, -0.2) is 8.78 Å². The van der Waals surface area contributed by atoms with Crippen LogP contribution in [0, 0.1) is 29.4 Å². The van der Waals surface area contributed by atoms with Crippen molar-refractivity contribution in [3.8, 4) is 0 Å². The van der Waals surface area contributed by atoms with Crippen molar-refractivity contribution in [2.75, 3.05) is 82.6 Å².